The lowest BCUT2D eigenvalue weighted by Crippen LogP contribution is -2.39. The van der Waals surface area contributed by atoms with Gasteiger partial charge in [-0.3, -0.25) is 14.7 Å². The molecule has 0 bridgehead atoms. The van der Waals surface area contributed by atoms with E-state index in [0.717, 1.165) is 54.6 Å². The first-order chi connectivity index (χ1) is 15.1. The molecule has 0 spiro atoms. The quantitative estimate of drug-likeness (QED) is 0.603. The molecule has 4 heterocycles. The van der Waals surface area contributed by atoms with Crippen LogP contribution in [0.2, 0.25) is 0 Å². The highest BCUT2D eigenvalue weighted by atomic mass is 16.2. The Kier molecular flexibility index (Phi) is 5.23. The Hall–Kier alpha value is -3.13. The van der Waals surface area contributed by atoms with Crippen LogP contribution < -0.4 is 5.32 Å². The fourth-order valence-electron chi connectivity index (χ4n) is 4.72. The summed E-state index contributed by atoms with van der Waals surface area (Å²) in [6, 6.07) is 9.75. The van der Waals surface area contributed by atoms with Crippen molar-refractivity contribution >= 4 is 22.7 Å². The molecular formula is C23H28N6O2. The molecule has 2 amide bonds. The van der Waals surface area contributed by atoms with Crippen LogP contribution in [0.4, 0.5) is 0 Å². The third-order valence-corrected chi connectivity index (χ3v) is 6.52. The number of hydrogen-bond donors (Lipinski definition) is 3. The molecule has 8 heteroatoms. The molecule has 1 aromatic carbocycles. The third-order valence-electron chi connectivity index (χ3n) is 6.52. The van der Waals surface area contributed by atoms with E-state index in [1.807, 2.05) is 37.4 Å². The van der Waals surface area contributed by atoms with Gasteiger partial charge in [0, 0.05) is 48.7 Å². The summed E-state index contributed by atoms with van der Waals surface area (Å²) in [5.41, 5.74) is 3.77. The van der Waals surface area contributed by atoms with Crippen LogP contribution in [0, 0.1) is 5.92 Å². The van der Waals surface area contributed by atoms with Crippen molar-refractivity contribution in [2.24, 2.45) is 5.92 Å². The van der Waals surface area contributed by atoms with Crippen molar-refractivity contribution in [3.05, 3.63) is 53.0 Å². The Labute approximate surface area is 181 Å². The van der Waals surface area contributed by atoms with Crippen molar-refractivity contribution in [1.29, 1.82) is 0 Å². The van der Waals surface area contributed by atoms with Crippen LogP contribution in [0.1, 0.15) is 45.1 Å². The number of fused-ring (bicyclic) bond motifs is 2. The molecule has 0 aliphatic carbocycles. The number of benzene rings is 1. The smallest absolute Gasteiger partial charge is 0.274 e. The molecule has 3 aromatic rings. The molecule has 2 aliphatic rings. The predicted molar refractivity (Wildman–Crippen MR) is 118 cm³/mol. The summed E-state index contributed by atoms with van der Waals surface area (Å²) in [6.07, 6.45) is 2.84. The van der Waals surface area contributed by atoms with E-state index in [9.17, 15) is 9.59 Å². The van der Waals surface area contributed by atoms with E-state index in [1.165, 1.54) is 0 Å². The van der Waals surface area contributed by atoms with Gasteiger partial charge < -0.3 is 20.1 Å². The minimum atomic E-state index is -0.0732. The Morgan fingerprint density at radius 1 is 1.23 bits per heavy atom. The summed E-state index contributed by atoms with van der Waals surface area (Å²) in [6.45, 7) is 3.74. The van der Waals surface area contributed by atoms with Gasteiger partial charge in [-0.1, -0.05) is 18.2 Å². The summed E-state index contributed by atoms with van der Waals surface area (Å²) in [5, 5.41) is 11.8. The van der Waals surface area contributed by atoms with Gasteiger partial charge in [0.1, 0.15) is 5.69 Å². The Bertz CT molecular complexity index is 1080. The molecule has 0 atom stereocenters. The zero-order valence-electron chi connectivity index (χ0n) is 17.8. The van der Waals surface area contributed by atoms with Gasteiger partial charge in [-0.2, -0.15) is 5.10 Å². The standard InChI is InChI=1S/C23H28N6O2/c1-28(13-15-6-9-24-10-7-15)23(31)21-17-14-29(11-8-19(17)26-27-21)22(30)20-12-16-4-2-3-5-18(16)25-20/h2-5,12,15,24-25H,6-11,13-14H2,1H3,(H,26,27). The lowest BCUT2D eigenvalue weighted by Gasteiger charge is -2.29. The van der Waals surface area contributed by atoms with Gasteiger partial charge in [-0.25, -0.2) is 0 Å². The maximum atomic E-state index is 13.1. The summed E-state index contributed by atoms with van der Waals surface area (Å²) in [4.78, 5) is 33.1. The second-order valence-electron chi connectivity index (χ2n) is 8.66. The van der Waals surface area contributed by atoms with Gasteiger partial charge in [-0.15, -0.1) is 0 Å². The molecule has 1 fully saturated rings. The average Bonchev–Trinajstić information content (AvgIpc) is 3.42. The number of para-hydroxylation sites is 1. The van der Waals surface area contributed by atoms with Crippen LogP contribution in [0.5, 0.6) is 0 Å². The number of hydrogen-bond acceptors (Lipinski definition) is 4. The minimum absolute atomic E-state index is 0.0514. The molecule has 2 aromatic heterocycles. The largest absolute Gasteiger partial charge is 0.351 e. The van der Waals surface area contributed by atoms with Crippen molar-refractivity contribution in [1.82, 2.24) is 30.3 Å². The lowest BCUT2D eigenvalue weighted by molar-refractivity contribution is 0.0712. The molecule has 0 radical (unpaired) electrons. The molecule has 0 unspecified atom stereocenters. The average molecular weight is 421 g/mol. The molecule has 2 aliphatic heterocycles. The molecule has 8 nitrogen and oxygen atoms in total. The van der Waals surface area contributed by atoms with E-state index in [1.54, 1.807) is 9.80 Å². The van der Waals surface area contributed by atoms with Crippen LogP contribution in [0.3, 0.4) is 0 Å². The van der Waals surface area contributed by atoms with Gasteiger partial charge in [0.15, 0.2) is 5.69 Å². The van der Waals surface area contributed by atoms with Gasteiger partial charge in [-0.05, 0) is 44.0 Å². The van der Waals surface area contributed by atoms with Crippen LogP contribution in [0.25, 0.3) is 10.9 Å². The SMILES string of the molecule is CN(CC1CCNCC1)C(=O)c1n[nH]c2c1CN(C(=O)c1cc3ccccc3[nH]1)CC2. The van der Waals surface area contributed by atoms with Crippen LogP contribution in [-0.2, 0) is 13.0 Å². The molecule has 1 saturated heterocycles. The molecule has 162 valence electrons. The molecule has 3 N–H and O–H groups in total. The Morgan fingerprint density at radius 3 is 2.84 bits per heavy atom. The number of piperidine rings is 1. The highest BCUT2D eigenvalue weighted by Gasteiger charge is 2.30. The van der Waals surface area contributed by atoms with E-state index in [0.29, 0.717) is 36.8 Å². The van der Waals surface area contributed by atoms with E-state index >= 15 is 0 Å². The van der Waals surface area contributed by atoms with Gasteiger partial charge in [0.05, 0.1) is 6.54 Å². The van der Waals surface area contributed by atoms with Gasteiger partial charge in [0.2, 0.25) is 0 Å². The molecule has 31 heavy (non-hydrogen) atoms. The number of aromatic amines is 2. The highest BCUT2D eigenvalue weighted by molar-refractivity contribution is 5.98. The van der Waals surface area contributed by atoms with E-state index < -0.39 is 0 Å². The summed E-state index contributed by atoms with van der Waals surface area (Å²) in [5.74, 6) is 0.394. The number of carbonyl (C=O) groups is 2. The Balaban J connectivity index is 1.32. The number of nitrogens with one attached hydrogen (secondary N) is 3. The number of carbonyl (C=O) groups excluding carboxylic acids is 2. The van der Waals surface area contributed by atoms with Crippen LogP contribution in [-0.4, -0.2) is 70.0 Å². The van der Waals surface area contributed by atoms with E-state index in [4.69, 9.17) is 0 Å². The highest BCUT2D eigenvalue weighted by Crippen LogP contribution is 2.24. The van der Waals surface area contributed by atoms with Gasteiger partial charge in [0.25, 0.3) is 11.8 Å². The molecule has 5 rings (SSSR count). The van der Waals surface area contributed by atoms with Crippen molar-refractivity contribution in [3.8, 4) is 0 Å². The molecule has 0 saturated carbocycles. The normalized spacial score (nSPS) is 17.0. The van der Waals surface area contributed by atoms with Crippen LogP contribution >= 0.6 is 0 Å². The second-order valence-corrected chi connectivity index (χ2v) is 8.66. The minimum Gasteiger partial charge on any atom is -0.351 e. The number of aromatic nitrogens is 3. The maximum absolute atomic E-state index is 13.1. The zero-order valence-corrected chi connectivity index (χ0v) is 17.8. The van der Waals surface area contributed by atoms with E-state index in [-0.39, 0.29) is 11.8 Å². The number of amides is 2. The first kappa shape index (κ1) is 19.8. The lowest BCUT2D eigenvalue weighted by atomic mass is 9.97. The van der Waals surface area contributed by atoms with Crippen LogP contribution in [0.15, 0.2) is 30.3 Å². The number of rotatable bonds is 4. The number of H-pyrrole nitrogens is 2. The number of nitrogens with zero attached hydrogens (tertiary/aromatic N) is 3. The predicted octanol–water partition coefficient (Wildman–Crippen LogP) is 2.16. The first-order valence-corrected chi connectivity index (χ1v) is 11.0. The van der Waals surface area contributed by atoms with Crippen molar-refractivity contribution in [3.63, 3.8) is 0 Å². The van der Waals surface area contributed by atoms with Crippen molar-refractivity contribution < 1.29 is 9.59 Å². The topological polar surface area (TPSA) is 97.1 Å². The molecular weight excluding hydrogens is 392 g/mol. The summed E-state index contributed by atoms with van der Waals surface area (Å²) >= 11 is 0. The monoisotopic (exact) mass is 420 g/mol. The Morgan fingerprint density at radius 2 is 2.03 bits per heavy atom. The fourth-order valence-corrected chi connectivity index (χ4v) is 4.72. The van der Waals surface area contributed by atoms with Gasteiger partial charge >= 0.3 is 0 Å². The fraction of sp³-hybridized carbons (Fsp3) is 0.435. The summed E-state index contributed by atoms with van der Waals surface area (Å²) in [7, 11) is 1.85. The zero-order chi connectivity index (χ0) is 21.4. The summed E-state index contributed by atoms with van der Waals surface area (Å²) < 4.78 is 0. The third kappa shape index (κ3) is 3.83. The van der Waals surface area contributed by atoms with Crippen molar-refractivity contribution in [2.75, 3.05) is 33.2 Å². The first-order valence-electron chi connectivity index (χ1n) is 11.0. The second kappa shape index (κ2) is 8.19. The van der Waals surface area contributed by atoms with E-state index in [2.05, 4.69) is 20.5 Å². The maximum Gasteiger partial charge on any atom is 0.274 e. The van der Waals surface area contributed by atoms with Crippen molar-refractivity contribution in [2.45, 2.75) is 25.8 Å².